The Labute approximate surface area is 168 Å². The lowest BCUT2D eigenvalue weighted by molar-refractivity contribution is 0.0924. The summed E-state index contributed by atoms with van der Waals surface area (Å²) >= 11 is 0. The predicted octanol–water partition coefficient (Wildman–Crippen LogP) is 4.74. The van der Waals surface area contributed by atoms with Crippen molar-refractivity contribution in [3.8, 4) is 5.75 Å². The summed E-state index contributed by atoms with van der Waals surface area (Å²) in [6, 6.07) is 16.3. The second-order valence-electron chi connectivity index (χ2n) is 7.61. The highest BCUT2D eigenvalue weighted by Gasteiger charge is 2.23. The Bertz CT molecular complexity index is 734. The van der Waals surface area contributed by atoms with Gasteiger partial charge in [0, 0.05) is 12.1 Å². The first kappa shape index (κ1) is 20.4. The minimum absolute atomic E-state index is 0.0313. The van der Waals surface area contributed by atoms with Gasteiger partial charge in [-0.25, -0.2) is 0 Å². The van der Waals surface area contributed by atoms with Crippen molar-refractivity contribution >= 4 is 5.91 Å². The van der Waals surface area contributed by atoms with Gasteiger partial charge >= 0.3 is 0 Å². The molecule has 4 nitrogen and oxygen atoms in total. The highest BCUT2D eigenvalue weighted by Crippen LogP contribution is 2.24. The van der Waals surface area contributed by atoms with Crippen molar-refractivity contribution < 1.29 is 9.53 Å². The zero-order chi connectivity index (χ0) is 19.8. The summed E-state index contributed by atoms with van der Waals surface area (Å²) in [4.78, 5) is 15.2. The summed E-state index contributed by atoms with van der Waals surface area (Å²) < 4.78 is 5.60. The number of ether oxygens (including phenoxy) is 1. The van der Waals surface area contributed by atoms with Crippen molar-refractivity contribution in [3.05, 3.63) is 65.2 Å². The fourth-order valence-corrected chi connectivity index (χ4v) is 3.69. The summed E-state index contributed by atoms with van der Waals surface area (Å²) in [6.07, 6.45) is 4.74. The highest BCUT2D eigenvalue weighted by molar-refractivity contribution is 5.94. The van der Waals surface area contributed by atoms with Crippen LogP contribution >= 0.6 is 0 Å². The number of nitrogens with zero attached hydrogens (tertiary/aromatic N) is 1. The number of amides is 1. The molecule has 1 heterocycles. The Balaban J connectivity index is 1.65. The summed E-state index contributed by atoms with van der Waals surface area (Å²) in [7, 11) is 0. The molecule has 150 valence electrons. The first-order valence-corrected chi connectivity index (χ1v) is 10.5. The number of benzene rings is 2. The fourth-order valence-electron chi connectivity index (χ4n) is 3.69. The van der Waals surface area contributed by atoms with E-state index in [9.17, 15) is 4.79 Å². The minimum Gasteiger partial charge on any atom is -0.494 e. The largest absolute Gasteiger partial charge is 0.494 e. The molecular weight excluding hydrogens is 348 g/mol. The van der Waals surface area contributed by atoms with Gasteiger partial charge in [-0.05, 0) is 69.1 Å². The molecule has 2 aromatic carbocycles. The van der Waals surface area contributed by atoms with Crippen LogP contribution < -0.4 is 10.1 Å². The van der Waals surface area contributed by atoms with Crippen LogP contribution in [0.3, 0.4) is 0 Å². The van der Waals surface area contributed by atoms with Crippen LogP contribution in [-0.4, -0.2) is 37.0 Å². The van der Waals surface area contributed by atoms with Crippen molar-refractivity contribution in [3.63, 3.8) is 0 Å². The molecule has 1 amide bonds. The number of aryl methyl sites for hydroxylation is 1. The van der Waals surface area contributed by atoms with Crippen molar-refractivity contribution in [1.29, 1.82) is 0 Å². The lowest BCUT2D eigenvalue weighted by Gasteiger charge is -2.35. The summed E-state index contributed by atoms with van der Waals surface area (Å²) in [6.45, 7) is 7.69. The molecule has 1 fully saturated rings. The van der Waals surface area contributed by atoms with Gasteiger partial charge in [-0.15, -0.1) is 0 Å². The van der Waals surface area contributed by atoms with Crippen LogP contribution in [0.4, 0.5) is 0 Å². The lowest BCUT2D eigenvalue weighted by atomic mass is 10.0. The van der Waals surface area contributed by atoms with Crippen LogP contribution in [0.1, 0.15) is 60.1 Å². The minimum atomic E-state index is -0.0313. The molecule has 1 atom stereocenters. The monoisotopic (exact) mass is 380 g/mol. The van der Waals surface area contributed by atoms with Crippen LogP contribution in [0, 0.1) is 6.92 Å². The number of hydrogen-bond acceptors (Lipinski definition) is 3. The molecular formula is C24H32N2O2. The van der Waals surface area contributed by atoms with Crippen molar-refractivity contribution in [1.82, 2.24) is 10.2 Å². The molecule has 2 aromatic rings. The Morgan fingerprint density at radius 3 is 2.36 bits per heavy atom. The fraction of sp³-hybridized carbons (Fsp3) is 0.458. The normalized spacial score (nSPS) is 15.8. The molecule has 1 N–H and O–H groups in total. The van der Waals surface area contributed by atoms with Crippen LogP contribution in [0.5, 0.6) is 5.75 Å². The molecule has 3 rings (SSSR count). The van der Waals surface area contributed by atoms with E-state index in [1.165, 1.54) is 30.4 Å². The van der Waals surface area contributed by atoms with Crippen molar-refractivity contribution in [2.24, 2.45) is 0 Å². The average Bonchev–Trinajstić information content (AvgIpc) is 2.74. The van der Waals surface area contributed by atoms with E-state index in [1.54, 1.807) is 0 Å². The van der Waals surface area contributed by atoms with Crippen LogP contribution in [0.25, 0.3) is 0 Å². The second-order valence-corrected chi connectivity index (χ2v) is 7.61. The summed E-state index contributed by atoms with van der Waals surface area (Å²) in [5, 5.41) is 3.15. The van der Waals surface area contributed by atoms with E-state index in [0.717, 1.165) is 25.3 Å². The number of rotatable bonds is 8. The lowest BCUT2D eigenvalue weighted by Crippen LogP contribution is -2.40. The van der Waals surface area contributed by atoms with Crippen LogP contribution in [-0.2, 0) is 0 Å². The SMILES string of the molecule is CCCOc1ccc(C(=O)NC[C@@H](c2ccc(C)cc2)N2CCCCC2)cc1. The van der Waals surface area contributed by atoms with Crippen LogP contribution in [0.15, 0.2) is 48.5 Å². The Hall–Kier alpha value is -2.33. The Morgan fingerprint density at radius 2 is 1.71 bits per heavy atom. The molecule has 0 unspecified atom stereocenters. The molecule has 0 aromatic heterocycles. The van der Waals surface area contributed by atoms with Gasteiger partial charge in [-0.1, -0.05) is 43.2 Å². The third kappa shape index (κ3) is 5.59. The quantitative estimate of drug-likeness (QED) is 0.719. The molecule has 0 bridgehead atoms. The van der Waals surface area contributed by atoms with Gasteiger partial charge in [0.05, 0.1) is 12.6 Å². The number of piperidine rings is 1. The van der Waals surface area contributed by atoms with E-state index >= 15 is 0 Å². The van der Waals surface area contributed by atoms with Gasteiger partial charge in [0.2, 0.25) is 0 Å². The molecule has 0 aliphatic carbocycles. The average molecular weight is 381 g/mol. The number of hydrogen-bond donors (Lipinski definition) is 1. The zero-order valence-electron chi connectivity index (χ0n) is 17.1. The maximum Gasteiger partial charge on any atom is 0.251 e. The van der Waals surface area contributed by atoms with Crippen molar-refractivity contribution in [2.45, 2.75) is 45.6 Å². The second kappa shape index (κ2) is 10.3. The zero-order valence-corrected chi connectivity index (χ0v) is 17.1. The number of likely N-dealkylation sites (tertiary alicyclic amines) is 1. The van der Waals surface area contributed by atoms with E-state index in [2.05, 4.69) is 48.3 Å². The molecule has 1 aliphatic heterocycles. The van der Waals surface area contributed by atoms with Gasteiger partial charge in [0.1, 0.15) is 5.75 Å². The van der Waals surface area contributed by atoms with Gasteiger partial charge in [-0.2, -0.15) is 0 Å². The van der Waals surface area contributed by atoms with Gasteiger partial charge in [-0.3, -0.25) is 9.69 Å². The van der Waals surface area contributed by atoms with Gasteiger partial charge in [0.15, 0.2) is 0 Å². The first-order valence-electron chi connectivity index (χ1n) is 10.5. The molecule has 4 heteroatoms. The van der Waals surface area contributed by atoms with Crippen molar-refractivity contribution in [2.75, 3.05) is 26.2 Å². The van der Waals surface area contributed by atoms with E-state index in [0.29, 0.717) is 18.7 Å². The molecule has 0 spiro atoms. The van der Waals surface area contributed by atoms with Gasteiger partial charge in [0.25, 0.3) is 5.91 Å². The Morgan fingerprint density at radius 1 is 1.04 bits per heavy atom. The predicted molar refractivity (Wildman–Crippen MR) is 114 cm³/mol. The number of nitrogens with one attached hydrogen (secondary N) is 1. The molecule has 0 radical (unpaired) electrons. The summed E-state index contributed by atoms with van der Waals surface area (Å²) in [5.41, 5.74) is 3.21. The Kier molecular flexibility index (Phi) is 7.49. The third-order valence-electron chi connectivity index (χ3n) is 5.34. The number of carbonyl (C=O) groups is 1. The highest BCUT2D eigenvalue weighted by atomic mass is 16.5. The maximum absolute atomic E-state index is 12.7. The smallest absolute Gasteiger partial charge is 0.251 e. The van der Waals surface area contributed by atoms with Gasteiger partial charge < -0.3 is 10.1 Å². The number of carbonyl (C=O) groups excluding carboxylic acids is 1. The third-order valence-corrected chi connectivity index (χ3v) is 5.34. The molecule has 1 saturated heterocycles. The first-order chi connectivity index (χ1) is 13.7. The molecule has 28 heavy (non-hydrogen) atoms. The van der Waals surface area contributed by atoms with E-state index < -0.39 is 0 Å². The van der Waals surface area contributed by atoms with E-state index in [-0.39, 0.29) is 11.9 Å². The maximum atomic E-state index is 12.7. The molecule has 1 aliphatic rings. The summed E-state index contributed by atoms with van der Waals surface area (Å²) in [5.74, 6) is 0.778. The van der Waals surface area contributed by atoms with E-state index in [4.69, 9.17) is 4.74 Å². The standard InChI is InChI=1S/C24H32N2O2/c1-3-17-28-22-13-11-21(12-14-22)24(27)25-18-23(26-15-5-4-6-16-26)20-9-7-19(2)8-10-20/h7-14,23H,3-6,15-18H2,1-2H3,(H,25,27)/t23-/m0/s1. The topological polar surface area (TPSA) is 41.6 Å². The molecule has 0 saturated carbocycles. The van der Waals surface area contributed by atoms with E-state index in [1.807, 2.05) is 24.3 Å². The van der Waals surface area contributed by atoms with Crippen LogP contribution in [0.2, 0.25) is 0 Å².